The van der Waals surface area contributed by atoms with Crippen LogP contribution in [-0.2, 0) is 4.74 Å². The van der Waals surface area contributed by atoms with Crippen molar-refractivity contribution < 1.29 is 9.53 Å². The summed E-state index contributed by atoms with van der Waals surface area (Å²) >= 11 is 5.83. The molecule has 0 fully saturated rings. The molecule has 1 aliphatic rings. The number of hydrogen-bond donors (Lipinski definition) is 0. The molecule has 0 atom stereocenters. The lowest BCUT2D eigenvalue weighted by Gasteiger charge is -2.13. The van der Waals surface area contributed by atoms with E-state index in [-0.39, 0.29) is 0 Å². The first-order valence-corrected chi connectivity index (χ1v) is 4.57. The second-order valence-electron chi connectivity index (χ2n) is 3.20. The number of halogens is 1. The molecule has 0 bridgehead atoms. The summed E-state index contributed by atoms with van der Waals surface area (Å²) in [6.07, 6.45) is 3.96. The molecule has 0 unspecified atom stereocenters. The number of ether oxygens (including phenoxy) is 1. The van der Waals surface area contributed by atoms with Crippen molar-refractivity contribution in [3.05, 3.63) is 28.5 Å². The van der Waals surface area contributed by atoms with E-state index in [0.29, 0.717) is 29.7 Å². The highest BCUT2D eigenvalue weighted by atomic mass is 35.5. The van der Waals surface area contributed by atoms with Crippen LogP contribution in [0.2, 0.25) is 0 Å². The lowest BCUT2D eigenvalue weighted by molar-refractivity contribution is -0.00608. The van der Waals surface area contributed by atoms with Gasteiger partial charge in [-0.05, 0) is 20.2 Å². The average molecular weight is 214 g/mol. The van der Waals surface area contributed by atoms with E-state index in [2.05, 4.69) is 4.79 Å². The van der Waals surface area contributed by atoms with Gasteiger partial charge in [0.15, 0.2) is 0 Å². The number of allylic oxidation sites excluding steroid dienone is 3. The zero-order chi connectivity index (χ0) is 10.6. The first kappa shape index (κ1) is 11.0. The highest BCUT2D eigenvalue weighted by molar-refractivity contribution is 6.43. The van der Waals surface area contributed by atoms with Crippen molar-refractivity contribution in [2.24, 2.45) is 0 Å². The Morgan fingerprint density at radius 2 is 2.36 bits per heavy atom. The van der Waals surface area contributed by atoms with Crippen LogP contribution in [0.1, 0.15) is 6.42 Å². The fourth-order valence-electron chi connectivity index (χ4n) is 0.955. The molecule has 0 saturated carbocycles. The molecule has 1 rings (SSSR count). The summed E-state index contributed by atoms with van der Waals surface area (Å²) in [5.74, 6) is 0.705. The van der Waals surface area contributed by atoms with Crippen LogP contribution in [0, 0.1) is 0 Å². The second kappa shape index (κ2) is 4.96. The number of nitrogens with zero attached hydrogens (tertiary/aromatic N) is 3. The van der Waals surface area contributed by atoms with Gasteiger partial charge < -0.3 is 10.3 Å². The third kappa shape index (κ3) is 3.00. The quantitative estimate of drug-likeness (QED) is 0.406. The highest BCUT2D eigenvalue weighted by Crippen LogP contribution is 2.17. The van der Waals surface area contributed by atoms with Crippen molar-refractivity contribution in [3.63, 3.8) is 0 Å². The molecule has 0 saturated heterocycles. The van der Waals surface area contributed by atoms with Crippen LogP contribution in [0.3, 0.4) is 0 Å². The standard InChI is InChI=1S/C9H12ClN3O/c1-13(2)6-14-7-3-4-9(12-11)8(10)5-7/h3,5H,4,6H2,1-2H3. The van der Waals surface area contributed by atoms with Gasteiger partial charge in [0.2, 0.25) is 0 Å². The van der Waals surface area contributed by atoms with Crippen molar-refractivity contribution in [1.82, 2.24) is 4.90 Å². The second-order valence-corrected chi connectivity index (χ2v) is 3.61. The summed E-state index contributed by atoms with van der Waals surface area (Å²) in [4.78, 5) is 4.97. The molecule has 1 aliphatic carbocycles. The Hall–Kier alpha value is -1.09. The normalized spacial score (nSPS) is 16.1. The van der Waals surface area contributed by atoms with Crippen molar-refractivity contribution >= 4 is 17.3 Å². The summed E-state index contributed by atoms with van der Waals surface area (Å²) in [6, 6.07) is 0. The zero-order valence-electron chi connectivity index (χ0n) is 8.20. The molecule has 5 heteroatoms. The minimum absolute atomic E-state index is 0.420. The molecule has 0 aliphatic heterocycles. The van der Waals surface area contributed by atoms with Crippen LogP contribution < -0.4 is 0 Å². The van der Waals surface area contributed by atoms with Crippen LogP contribution in [0.25, 0.3) is 5.53 Å². The molecule has 0 spiro atoms. The van der Waals surface area contributed by atoms with Crippen molar-refractivity contribution in [2.45, 2.75) is 6.42 Å². The average Bonchev–Trinajstić information content (AvgIpc) is 2.15. The lowest BCUT2D eigenvalue weighted by atomic mass is 10.1. The van der Waals surface area contributed by atoms with Gasteiger partial charge >= 0.3 is 5.71 Å². The monoisotopic (exact) mass is 213 g/mol. The van der Waals surface area contributed by atoms with E-state index < -0.39 is 0 Å². The Labute approximate surface area is 88.0 Å². The molecule has 0 N–H and O–H groups in total. The Morgan fingerprint density at radius 3 is 2.86 bits per heavy atom. The van der Waals surface area contributed by atoms with Gasteiger partial charge in [0.1, 0.15) is 17.5 Å². The molecule has 0 aromatic heterocycles. The molecular weight excluding hydrogens is 202 g/mol. The summed E-state index contributed by atoms with van der Waals surface area (Å²) < 4.78 is 5.40. The molecule has 14 heavy (non-hydrogen) atoms. The summed E-state index contributed by atoms with van der Waals surface area (Å²) in [6.45, 7) is 0.498. The van der Waals surface area contributed by atoms with Crippen molar-refractivity contribution in [2.75, 3.05) is 20.8 Å². The van der Waals surface area contributed by atoms with Crippen LogP contribution in [-0.4, -0.2) is 36.2 Å². The molecular formula is C9H12ClN3O. The first-order chi connectivity index (χ1) is 6.63. The maximum Gasteiger partial charge on any atom is 0.314 e. The SMILES string of the molecule is CN(C)COC1=CCC(=[N+]=[N-])C(Cl)=C1. The predicted octanol–water partition coefficient (Wildman–Crippen LogP) is 1.60. The molecule has 0 aromatic rings. The third-order valence-electron chi connectivity index (χ3n) is 1.65. The van der Waals surface area contributed by atoms with Gasteiger partial charge in [-0.3, -0.25) is 4.90 Å². The Morgan fingerprint density at radius 1 is 1.64 bits per heavy atom. The smallest absolute Gasteiger partial charge is 0.314 e. The fourth-order valence-corrected chi connectivity index (χ4v) is 1.18. The van der Waals surface area contributed by atoms with E-state index in [4.69, 9.17) is 21.9 Å². The Kier molecular flexibility index (Phi) is 3.89. The van der Waals surface area contributed by atoms with E-state index in [1.807, 2.05) is 25.1 Å². The van der Waals surface area contributed by atoms with Gasteiger partial charge in [-0.2, -0.15) is 4.79 Å². The van der Waals surface area contributed by atoms with Crippen LogP contribution in [0.15, 0.2) is 22.9 Å². The molecule has 0 aromatic carbocycles. The van der Waals surface area contributed by atoms with E-state index >= 15 is 0 Å². The minimum atomic E-state index is 0.420. The first-order valence-electron chi connectivity index (χ1n) is 4.19. The van der Waals surface area contributed by atoms with E-state index in [1.54, 1.807) is 6.08 Å². The maximum atomic E-state index is 8.55. The molecule has 4 nitrogen and oxygen atoms in total. The van der Waals surface area contributed by atoms with Gasteiger partial charge in [-0.25, -0.2) is 0 Å². The highest BCUT2D eigenvalue weighted by Gasteiger charge is 2.17. The molecule has 76 valence electrons. The van der Waals surface area contributed by atoms with Gasteiger partial charge in [-0.15, -0.1) is 0 Å². The Bertz CT molecular complexity index is 327. The summed E-state index contributed by atoms with van der Waals surface area (Å²) in [5, 5.41) is 0.420. The van der Waals surface area contributed by atoms with Crippen LogP contribution in [0.5, 0.6) is 0 Å². The number of rotatable bonds is 3. The third-order valence-corrected chi connectivity index (χ3v) is 1.98. The largest absolute Gasteiger partial charge is 0.478 e. The van der Waals surface area contributed by atoms with Gasteiger partial charge in [-0.1, -0.05) is 11.6 Å². The van der Waals surface area contributed by atoms with Gasteiger partial charge in [0.25, 0.3) is 0 Å². The lowest BCUT2D eigenvalue weighted by Crippen LogP contribution is -2.16. The molecule has 0 heterocycles. The van der Waals surface area contributed by atoms with Crippen molar-refractivity contribution in [3.8, 4) is 0 Å². The topological polar surface area (TPSA) is 48.9 Å². The van der Waals surface area contributed by atoms with Gasteiger partial charge in [0.05, 0.1) is 6.42 Å². The fraction of sp³-hybridized carbons (Fsp3) is 0.444. The van der Waals surface area contributed by atoms with Crippen LogP contribution >= 0.6 is 11.6 Å². The van der Waals surface area contributed by atoms with Gasteiger partial charge in [0, 0.05) is 6.08 Å². The van der Waals surface area contributed by atoms with Crippen LogP contribution in [0.4, 0.5) is 0 Å². The minimum Gasteiger partial charge on any atom is -0.478 e. The van der Waals surface area contributed by atoms with E-state index in [1.165, 1.54) is 0 Å². The predicted molar refractivity (Wildman–Crippen MR) is 54.9 cm³/mol. The zero-order valence-corrected chi connectivity index (χ0v) is 8.95. The molecule has 0 amide bonds. The summed E-state index contributed by atoms with van der Waals surface area (Å²) in [7, 11) is 3.82. The maximum absolute atomic E-state index is 8.55. The number of hydrogen-bond acceptors (Lipinski definition) is 2. The molecule has 0 radical (unpaired) electrons. The van der Waals surface area contributed by atoms with Crippen molar-refractivity contribution in [1.29, 1.82) is 0 Å². The Balaban J connectivity index is 2.60. The van der Waals surface area contributed by atoms with E-state index in [0.717, 1.165) is 0 Å². The van der Waals surface area contributed by atoms with E-state index in [9.17, 15) is 0 Å². The summed E-state index contributed by atoms with van der Waals surface area (Å²) in [5.41, 5.74) is 9.01.